The fourth-order valence-electron chi connectivity index (χ4n) is 1.58. The number of benzene rings is 1. The maximum absolute atomic E-state index is 9.76. The normalized spacial score (nSPS) is 11.2. The van der Waals surface area contributed by atoms with Gasteiger partial charge in [-0.05, 0) is 31.3 Å². The first kappa shape index (κ1) is 12.5. The third kappa shape index (κ3) is 2.47. The maximum atomic E-state index is 9.76. The van der Waals surface area contributed by atoms with Crippen LogP contribution in [0.2, 0.25) is 0 Å². The van der Waals surface area contributed by atoms with Crippen LogP contribution in [0.4, 0.5) is 5.69 Å². The number of thiocarbonyl (C=S) groups is 1. The second kappa shape index (κ2) is 5.11. The first-order valence-electron chi connectivity index (χ1n) is 5.18. The predicted molar refractivity (Wildman–Crippen MR) is 72.0 cm³/mol. The van der Waals surface area contributed by atoms with Gasteiger partial charge in [-0.2, -0.15) is 0 Å². The summed E-state index contributed by atoms with van der Waals surface area (Å²) in [4.78, 5) is 7.41. The van der Waals surface area contributed by atoms with Crippen LogP contribution in [0.1, 0.15) is 5.56 Å². The van der Waals surface area contributed by atoms with E-state index in [4.69, 9.17) is 12.2 Å². The summed E-state index contributed by atoms with van der Waals surface area (Å²) in [6.07, 6.45) is 0. The van der Waals surface area contributed by atoms with E-state index in [1.165, 1.54) is 7.11 Å². The highest BCUT2D eigenvalue weighted by Crippen LogP contribution is 2.35. The molecule has 0 fully saturated rings. The number of nitrogens with zero attached hydrogens (tertiary/aromatic N) is 2. The molecule has 94 valence electrons. The van der Waals surface area contributed by atoms with Crippen molar-refractivity contribution in [2.24, 2.45) is 10.2 Å². The van der Waals surface area contributed by atoms with Crippen LogP contribution < -0.4 is 5.48 Å². The second-order valence-electron chi connectivity index (χ2n) is 3.68. The van der Waals surface area contributed by atoms with Crippen molar-refractivity contribution < 1.29 is 9.94 Å². The average Bonchev–Trinajstić information content (AvgIpc) is 2.62. The molecule has 1 aromatic heterocycles. The van der Waals surface area contributed by atoms with E-state index in [0.29, 0.717) is 5.69 Å². The van der Waals surface area contributed by atoms with Gasteiger partial charge in [0.15, 0.2) is 5.69 Å². The van der Waals surface area contributed by atoms with Crippen LogP contribution in [-0.2, 0) is 4.84 Å². The van der Waals surface area contributed by atoms with Crippen molar-refractivity contribution in [2.75, 3.05) is 7.11 Å². The molecule has 3 N–H and O–H groups in total. The molecule has 2 aromatic rings. The van der Waals surface area contributed by atoms with Crippen molar-refractivity contribution in [2.45, 2.75) is 6.92 Å². The Morgan fingerprint density at radius 1 is 1.50 bits per heavy atom. The summed E-state index contributed by atoms with van der Waals surface area (Å²) < 4.78 is 0. The topological polar surface area (TPSA) is 82.0 Å². The quantitative estimate of drug-likeness (QED) is 0.442. The molecule has 0 spiro atoms. The van der Waals surface area contributed by atoms with Crippen molar-refractivity contribution in [3.63, 3.8) is 0 Å². The number of fused-ring (bicyclic) bond motifs is 1. The molecule has 0 aliphatic heterocycles. The zero-order valence-electron chi connectivity index (χ0n) is 9.89. The first-order chi connectivity index (χ1) is 8.61. The van der Waals surface area contributed by atoms with Gasteiger partial charge in [0.1, 0.15) is 0 Å². The third-order valence-electron chi connectivity index (χ3n) is 2.34. The van der Waals surface area contributed by atoms with Crippen LogP contribution >= 0.6 is 12.2 Å². The van der Waals surface area contributed by atoms with E-state index < -0.39 is 0 Å². The third-order valence-corrected chi connectivity index (χ3v) is 2.50. The van der Waals surface area contributed by atoms with Crippen LogP contribution in [0.15, 0.2) is 28.4 Å². The average molecular weight is 264 g/mol. The Hall–Kier alpha value is -1.99. The fourth-order valence-corrected chi connectivity index (χ4v) is 1.71. The number of rotatable bonds is 2. The zero-order chi connectivity index (χ0) is 13.1. The summed E-state index contributed by atoms with van der Waals surface area (Å²) in [6.45, 7) is 1.96. The minimum absolute atomic E-state index is 0.0421. The van der Waals surface area contributed by atoms with Gasteiger partial charge in [0, 0.05) is 5.39 Å². The van der Waals surface area contributed by atoms with E-state index in [9.17, 15) is 5.11 Å². The molecule has 0 aliphatic carbocycles. The summed E-state index contributed by atoms with van der Waals surface area (Å²) >= 11 is 4.83. The Bertz CT molecular complexity index is 621. The summed E-state index contributed by atoms with van der Waals surface area (Å²) in [6, 6.07) is 5.72. The molecule has 0 unspecified atom stereocenters. The minimum atomic E-state index is -0.0421. The lowest BCUT2D eigenvalue weighted by Crippen LogP contribution is -2.16. The monoisotopic (exact) mass is 264 g/mol. The molecule has 0 saturated heterocycles. The maximum Gasteiger partial charge on any atom is 0.237 e. The van der Waals surface area contributed by atoms with Crippen molar-refractivity contribution >= 4 is 33.9 Å². The summed E-state index contributed by atoms with van der Waals surface area (Å²) in [5.41, 5.74) is 4.58. The molecule has 18 heavy (non-hydrogen) atoms. The number of H-pyrrole nitrogens is 1. The first-order valence-corrected chi connectivity index (χ1v) is 5.58. The van der Waals surface area contributed by atoms with Crippen LogP contribution in [0.25, 0.3) is 10.9 Å². The molecule has 7 heteroatoms. The number of aromatic amines is 1. The van der Waals surface area contributed by atoms with Crippen molar-refractivity contribution in [1.29, 1.82) is 0 Å². The Morgan fingerprint density at radius 2 is 2.28 bits per heavy atom. The van der Waals surface area contributed by atoms with E-state index in [-0.39, 0.29) is 11.0 Å². The molecular formula is C11H12N4O2S. The fraction of sp³-hybridized carbons (Fsp3) is 0.182. The van der Waals surface area contributed by atoms with Gasteiger partial charge in [-0.25, -0.2) is 5.48 Å². The molecule has 0 atom stereocenters. The highest BCUT2D eigenvalue weighted by molar-refractivity contribution is 7.80. The van der Waals surface area contributed by atoms with Gasteiger partial charge in [-0.3, -0.25) is 4.84 Å². The largest absolute Gasteiger partial charge is 0.493 e. The predicted octanol–water partition coefficient (Wildman–Crippen LogP) is 2.70. The molecule has 0 radical (unpaired) electrons. The van der Waals surface area contributed by atoms with E-state index in [1.807, 2.05) is 25.1 Å². The number of aromatic nitrogens is 1. The van der Waals surface area contributed by atoms with Crippen LogP contribution in [0, 0.1) is 6.92 Å². The van der Waals surface area contributed by atoms with Gasteiger partial charge in [-0.1, -0.05) is 11.6 Å². The molecule has 2 rings (SSSR count). The number of hydrogen-bond donors (Lipinski definition) is 3. The number of aromatic hydroxyl groups is 1. The number of hydrogen-bond acceptors (Lipinski definition) is 4. The number of azo groups is 1. The highest BCUT2D eigenvalue weighted by Gasteiger charge is 2.10. The summed E-state index contributed by atoms with van der Waals surface area (Å²) in [5, 5.41) is 18.3. The van der Waals surface area contributed by atoms with E-state index in [1.54, 1.807) is 0 Å². The van der Waals surface area contributed by atoms with E-state index >= 15 is 0 Å². The van der Waals surface area contributed by atoms with Gasteiger partial charge in [0.2, 0.25) is 11.0 Å². The van der Waals surface area contributed by atoms with Gasteiger partial charge < -0.3 is 10.1 Å². The Morgan fingerprint density at radius 3 is 3.00 bits per heavy atom. The van der Waals surface area contributed by atoms with Crippen LogP contribution in [-0.4, -0.2) is 22.3 Å². The molecule has 0 bridgehead atoms. The summed E-state index contributed by atoms with van der Waals surface area (Å²) in [5.74, 6) is -0.0421. The molecule has 6 nitrogen and oxygen atoms in total. The molecule has 0 saturated carbocycles. The standard InChI is InChI=1S/C11H12N4O2S/c1-6-3-4-8-7(5-6)9(10(16)12-8)13-14-11(18)15-17-2/h3-5,12,16H,1-2H3,(H,15,18). The van der Waals surface area contributed by atoms with Crippen LogP contribution in [0.5, 0.6) is 5.88 Å². The minimum Gasteiger partial charge on any atom is -0.493 e. The Balaban J connectivity index is 2.41. The second-order valence-corrected chi connectivity index (χ2v) is 4.07. The Labute approximate surface area is 109 Å². The van der Waals surface area contributed by atoms with Crippen LogP contribution in [0.3, 0.4) is 0 Å². The number of nitrogens with one attached hydrogen (secondary N) is 2. The lowest BCUT2D eigenvalue weighted by atomic mass is 10.2. The molecule has 0 aliphatic rings. The molecular weight excluding hydrogens is 252 g/mol. The van der Waals surface area contributed by atoms with E-state index in [0.717, 1.165) is 16.5 Å². The number of aryl methyl sites for hydroxylation is 1. The Kier molecular flexibility index (Phi) is 3.54. The van der Waals surface area contributed by atoms with Crippen molar-refractivity contribution in [3.8, 4) is 5.88 Å². The number of hydroxylamine groups is 1. The molecule has 0 amide bonds. The zero-order valence-corrected chi connectivity index (χ0v) is 10.7. The van der Waals surface area contributed by atoms with E-state index in [2.05, 4.69) is 25.5 Å². The summed E-state index contributed by atoms with van der Waals surface area (Å²) in [7, 11) is 1.42. The smallest absolute Gasteiger partial charge is 0.237 e. The lowest BCUT2D eigenvalue weighted by molar-refractivity contribution is 0.145. The van der Waals surface area contributed by atoms with Crippen molar-refractivity contribution in [1.82, 2.24) is 10.5 Å². The lowest BCUT2D eigenvalue weighted by Gasteiger charge is -1.97. The van der Waals surface area contributed by atoms with Gasteiger partial charge >= 0.3 is 0 Å². The molecule has 1 aromatic carbocycles. The van der Waals surface area contributed by atoms with Gasteiger partial charge in [0.05, 0.1) is 12.6 Å². The molecule has 1 heterocycles. The van der Waals surface area contributed by atoms with Gasteiger partial charge in [-0.15, -0.1) is 10.2 Å². The van der Waals surface area contributed by atoms with Crippen molar-refractivity contribution in [3.05, 3.63) is 23.8 Å². The van der Waals surface area contributed by atoms with Gasteiger partial charge in [0.25, 0.3) is 0 Å². The highest BCUT2D eigenvalue weighted by atomic mass is 32.1. The SMILES string of the molecule is CONC(=S)N=Nc1c(O)[nH]c2ccc(C)cc12.